The summed E-state index contributed by atoms with van der Waals surface area (Å²) in [5.41, 5.74) is -0.0737. The second-order valence-electron chi connectivity index (χ2n) is 3.69. The van der Waals surface area contributed by atoms with Gasteiger partial charge in [-0.25, -0.2) is 4.79 Å². The molecule has 7 heteroatoms. The van der Waals surface area contributed by atoms with Gasteiger partial charge < -0.3 is 19.3 Å². The Bertz CT molecular complexity index is 458. The Kier molecular flexibility index (Phi) is 7.09. The average molecular weight is 323 g/mol. The number of carboxylic acids is 1. The van der Waals surface area contributed by atoms with Gasteiger partial charge in [0.05, 0.1) is 15.6 Å². The van der Waals surface area contributed by atoms with Gasteiger partial charge in [0.15, 0.2) is 12.0 Å². The predicted molar refractivity (Wildman–Crippen MR) is 76.0 cm³/mol. The normalized spacial score (nSPS) is 10.8. The summed E-state index contributed by atoms with van der Waals surface area (Å²) in [7, 11) is 0. The molecule has 20 heavy (non-hydrogen) atoms. The molecule has 1 aromatic rings. The van der Waals surface area contributed by atoms with Crippen LogP contribution in [0.3, 0.4) is 0 Å². The third-order valence-electron chi connectivity index (χ3n) is 2.35. The molecule has 0 bridgehead atoms. The molecule has 0 aromatic heterocycles. The van der Waals surface area contributed by atoms with E-state index in [4.69, 9.17) is 42.5 Å². The van der Waals surface area contributed by atoms with E-state index in [0.29, 0.717) is 13.2 Å². The molecular formula is C13H16Cl2O5. The lowest BCUT2D eigenvalue weighted by Gasteiger charge is -2.18. The Morgan fingerprint density at radius 3 is 2.35 bits per heavy atom. The van der Waals surface area contributed by atoms with Crippen LogP contribution >= 0.6 is 23.2 Å². The molecule has 0 spiro atoms. The molecule has 0 aliphatic carbocycles. The first-order valence-corrected chi connectivity index (χ1v) is 6.84. The van der Waals surface area contributed by atoms with Crippen molar-refractivity contribution in [2.75, 3.05) is 19.8 Å². The first kappa shape index (κ1) is 17.0. The molecule has 0 unspecified atom stereocenters. The summed E-state index contributed by atoms with van der Waals surface area (Å²) in [5, 5.41) is 9.18. The first-order chi connectivity index (χ1) is 9.51. The Balaban J connectivity index is 2.85. The van der Waals surface area contributed by atoms with E-state index in [2.05, 4.69) is 0 Å². The monoisotopic (exact) mass is 322 g/mol. The van der Waals surface area contributed by atoms with Crippen molar-refractivity contribution in [3.63, 3.8) is 0 Å². The molecule has 5 nitrogen and oxygen atoms in total. The number of hydrogen-bond donors (Lipinski definition) is 1. The number of carboxylic acid groups (broad SMARTS) is 1. The van der Waals surface area contributed by atoms with Crippen LogP contribution in [0, 0.1) is 0 Å². The Hall–Kier alpha value is -1.01. The SMILES string of the molecule is CCOC(COc1c(Cl)ccc(C(=O)O)c1Cl)OCC. The fraction of sp³-hybridized carbons (Fsp3) is 0.462. The molecule has 0 amide bonds. The number of hydrogen-bond acceptors (Lipinski definition) is 4. The minimum Gasteiger partial charge on any atom is -0.485 e. The summed E-state index contributed by atoms with van der Waals surface area (Å²) in [5.74, 6) is -1.04. The molecule has 0 saturated heterocycles. The van der Waals surface area contributed by atoms with Crippen molar-refractivity contribution in [2.45, 2.75) is 20.1 Å². The molecule has 0 fully saturated rings. The highest BCUT2D eigenvalue weighted by molar-refractivity contribution is 6.39. The van der Waals surface area contributed by atoms with Crippen molar-refractivity contribution in [3.05, 3.63) is 27.7 Å². The van der Waals surface area contributed by atoms with Gasteiger partial charge in [-0.3, -0.25) is 0 Å². The molecule has 0 radical (unpaired) electrons. The lowest BCUT2D eigenvalue weighted by Crippen LogP contribution is -2.25. The molecule has 0 atom stereocenters. The summed E-state index contributed by atoms with van der Waals surface area (Å²) in [6.45, 7) is 4.65. The van der Waals surface area contributed by atoms with Gasteiger partial charge in [0.1, 0.15) is 6.61 Å². The van der Waals surface area contributed by atoms with E-state index < -0.39 is 12.3 Å². The van der Waals surface area contributed by atoms with Gasteiger partial charge in [0.25, 0.3) is 0 Å². The van der Waals surface area contributed by atoms with Crippen LogP contribution < -0.4 is 4.74 Å². The number of aromatic carboxylic acids is 1. The van der Waals surface area contributed by atoms with Crippen LogP contribution in [0.4, 0.5) is 0 Å². The number of ether oxygens (including phenoxy) is 3. The van der Waals surface area contributed by atoms with Crippen LogP contribution in [0.25, 0.3) is 0 Å². The second kappa shape index (κ2) is 8.32. The van der Waals surface area contributed by atoms with E-state index >= 15 is 0 Å². The average Bonchev–Trinajstić information content (AvgIpc) is 2.38. The molecule has 1 aromatic carbocycles. The maximum atomic E-state index is 11.0. The van der Waals surface area contributed by atoms with Crippen molar-refractivity contribution in [1.82, 2.24) is 0 Å². The van der Waals surface area contributed by atoms with Crippen LogP contribution in [0.1, 0.15) is 24.2 Å². The number of benzene rings is 1. The highest BCUT2D eigenvalue weighted by Gasteiger charge is 2.18. The first-order valence-electron chi connectivity index (χ1n) is 6.08. The van der Waals surface area contributed by atoms with Crippen LogP contribution in [0.15, 0.2) is 12.1 Å². The van der Waals surface area contributed by atoms with Crippen molar-refractivity contribution < 1.29 is 24.1 Å². The molecule has 0 aliphatic heterocycles. The maximum absolute atomic E-state index is 11.0. The van der Waals surface area contributed by atoms with E-state index in [1.165, 1.54) is 12.1 Å². The van der Waals surface area contributed by atoms with Crippen LogP contribution in [0.2, 0.25) is 10.0 Å². The zero-order chi connectivity index (χ0) is 15.1. The Morgan fingerprint density at radius 2 is 1.85 bits per heavy atom. The standard InChI is InChI=1S/C13H16Cl2O5/c1-3-18-10(19-4-2)7-20-12-9(14)6-5-8(11(12)15)13(16)17/h5-6,10H,3-4,7H2,1-2H3,(H,16,17). The fourth-order valence-electron chi connectivity index (χ4n) is 1.50. The third kappa shape index (κ3) is 4.52. The smallest absolute Gasteiger partial charge is 0.337 e. The maximum Gasteiger partial charge on any atom is 0.337 e. The van der Waals surface area contributed by atoms with E-state index in [1.807, 2.05) is 13.8 Å². The number of rotatable bonds is 8. The summed E-state index contributed by atoms with van der Waals surface area (Å²) in [4.78, 5) is 11.0. The zero-order valence-corrected chi connectivity index (χ0v) is 12.7. The second-order valence-corrected chi connectivity index (χ2v) is 4.48. The summed E-state index contributed by atoms with van der Waals surface area (Å²) in [6.07, 6.45) is -0.564. The predicted octanol–water partition coefficient (Wildman–Crippen LogP) is 3.47. The summed E-state index contributed by atoms with van der Waals surface area (Å²) >= 11 is 11.9. The highest BCUT2D eigenvalue weighted by Crippen LogP contribution is 2.35. The number of carbonyl (C=O) groups is 1. The largest absolute Gasteiger partial charge is 0.485 e. The topological polar surface area (TPSA) is 65.0 Å². The van der Waals surface area contributed by atoms with E-state index in [1.54, 1.807) is 0 Å². The molecule has 1 N–H and O–H groups in total. The summed E-state index contributed by atoms with van der Waals surface area (Å²) < 4.78 is 16.1. The third-order valence-corrected chi connectivity index (χ3v) is 3.02. The van der Waals surface area contributed by atoms with E-state index in [0.717, 1.165) is 0 Å². The van der Waals surface area contributed by atoms with Gasteiger partial charge in [0, 0.05) is 13.2 Å². The van der Waals surface area contributed by atoms with Gasteiger partial charge in [-0.2, -0.15) is 0 Å². The van der Waals surface area contributed by atoms with Crippen molar-refractivity contribution in [1.29, 1.82) is 0 Å². The van der Waals surface area contributed by atoms with Gasteiger partial charge >= 0.3 is 5.97 Å². The van der Waals surface area contributed by atoms with Crippen molar-refractivity contribution in [3.8, 4) is 5.75 Å². The molecule has 0 aliphatic rings. The minimum absolute atomic E-state index is 0.0447. The van der Waals surface area contributed by atoms with E-state index in [-0.39, 0.29) is 28.0 Å². The Labute approximate surface area is 127 Å². The zero-order valence-electron chi connectivity index (χ0n) is 11.2. The van der Waals surface area contributed by atoms with Crippen LogP contribution in [-0.2, 0) is 9.47 Å². The Morgan fingerprint density at radius 1 is 1.25 bits per heavy atom. The quantitative estimate of drug-likeness (QED) is 0.742. The minimum atomic E-state index is -1.15. The summed E-state index contributed by atoms with van der Waals surface area (Å²) in [6, 6.07) is 2.74. The highest BCUT2D eigenvalue weighted by atomic mass is 35.5. The van der Waals surface area contributed by atoms with Gasteiger partial charge in [-0.15, -0.1) is 0 Å². The molecule has 1 rings (SSSR count). The lowest BCUT2D eigenvalue weighted by molar-refractivity contribution is -0.152. The molecule has 0 heterocycles. The van der Waals surface area contributed by atoms with Gasteiger partial charge in [-0.1, -0.05) is 23.2 Å². The number of halogens is 2. The van der Waals surface area contributed by atoms with Crippen molar-refractivity contribution in [2.24, 2.45) is 0 Å². The van der Waals surface area contributed by atoms with Crippen molar-refractivity contribution >= 4 is 29.2 Å². The van der Waals surface area contributed by atoms with Crippen LogP contribution in [0.5, 0.6) is 5.75 Å². The fourth-order valence-corrected chi connectivity index (χ4v) is 2.06. The molecule has 0 saturated carbocycles. The molecular weight excluding hydrogens is 307 g/mol. The van der Waals surface area contributed by atoms with Gasteiger partial charge in [0.2, 0.25) is 0 Å². The lowest BCUT2D eigenvalue weighted by atomic mass is 10.2. The van der Waals surface area contributed by atoms with E-state index in [9.17, 15) is 4.79 Å². The van der Waals surface area contributed by atoms with Gasteiger partial charge in [-0.05, 0) is 26.0 Å². The van der Waals surface area contributed by atoms with Crippen LogP contribution in [-0.4, -0.2) is 37.2 Å². The molecule has 112 valence electrons.